The number of hydrogen-bond acceptors (Lipinski definition) is 4. The van der Waals surface area contributed by atoms with Crippen LogP contribution in [0.4, 0.5) is 4.79 Å². The Labute approximate surface area is 189 Å². The summed E-state index contributed by atoms with van der Waals surface area (Å²) in [6.45, 7) is 3.49. The highest BCUT2D eigenvalue weighted by molar-refractivity contribution is 7.89. The van der Waals surface area contributed by atoms with Crippen LogP contribution >= 0.6 is 11.6 Å². The van der Waals surface area contributed by atoms with Gasteiger partial charge in [0.1, 0.15) is 0 Å². The monoisotopic (exact) mass is 464 g/mol. The van der Waals surface area contributed by atoms with Crippen LogP contribution in [0.15, 0.2) is 59.5 Å². The van der Waals surface area contributed by atoms with E-state index < -0.39 is 10.0 Å². The molecule has 1 aliphatic heterocycles. The highest BCUT2D eigenvalue weighted by Gasteiger charge is 2.34. The van der Waals surface area contributed by atoms with E-state index in [9.17, 15) is 13.2 Å². The molecule has 0 atom stereocenters. The number of likely N-dealkylation sites (tertiary alicyclic amines) is 1. The number of piperidine rings is 1. The summed E-state index contributed by atoms with van der Waals surface area (Å²) < 4.78 is 33.7. The number of amides is 1. The van der Waals surface area contributed by atoms with Crippen molar-refractivity contribution >= 4 is 27.7 Å². The number of ether oxygens (including phenoxy) is 1. The molecule has 0 bridgehead atoms. The maximum Gasteiger partial charge on any atom is 0.409 e. The molecule has 1 aliphatic rings. The first kappa shape index (κ1) is 23.6. The SMILES string of the molecule is CCOC(=O)N1CCC(N(CCCc2ccccc2)S(=O)(=O)c2ccc(Cl)cc2)CC1. The van der Waals surface area contributed by atoms with Crippen molar-refractivity contribution in [3.63, 3.8) is 0 Å². The summed E-state index contributed by atoms with van der Waals surface area (Å²) in [7, 11) is -3.68. The molecule has 1 fully saturated rings. The van der Waals surface area contributed by atoms with Crippen molar-refractivity contribution in [1.29, 1.82) is 0 Å². The summed E-state index contributed by atoms with van der Waals surface area (Å²) >= 11 is 5.96. The van der Waals surface area contributed by atoms with Gasteiger partial charge in [-0.25, -0.2) is 13.2 Å². The van der Waals surface area contributed by atoms with Crippen LogP contribution in [0.1, 0.15) is 31.7 Å². The van der Waals surface area contributed by atoms with Crippen molar-refractivity contribution in [3.05, 3.63) is 65.2 Å². The first-order chi connectivity index (χ1) is 14.9. The maximum absolute atomic E-state index is 13.5. The van der Waals surface area contributed by atoms with Crippen LogP contribution in [-0.4, -0.2) is 56.0 Å². The van der Waals surface area contributed by atoms with E-state index in [1.54, 1.807) is 40.4 Å². The molecule has 0 radical (unpaired) electrons. The normalized spacial score (nSPS) is 15.3. The maximum atomic E-state index is 13.5. The van der Waals surface area contributed by atoms with Crippen molar-refractivity contribution in [3.8, 4) is 0 Å². The lowest BCUT2D eigenvalue weighted by atomic mass is 10.0. The summed E-state index contributed by atoms with van der Waals surface area (Å²) in [5.41, 5.74) is 1.18. The predicted molar refractivity (Wildman–Crippen MR) is 122 cm³/mol. The van der Waals surface area contributed by atoms with Crippen LogP contribution in [0.25, 0.3) is 0 Å². The van der Waals surface area contributed by atoms with Gasteiger partial charge in [-0.15, -0.1) is 0 Å². The molecule has 0 aliphatic carbocycles. The highest BCUT2D eigenvalue weighted by Crippen LogP contribution is 2.26. The van der Waals surface area contributed by atoms with Crippen LogP contribution in [0.5, 0.6) is 0 Å². The van der Waals surface area contributed by atoms with Crippen LogP contribution in [0.2, 0.25) is 5.02 Å². The average Bonchev–Trinajstić information content (AvgIpc) is 2.78. The Kier molecular flexibility index (Phi) is 8.35. The van der Waals surface area contributed by atoms with Gasteiger partial charge in [0, 0.05) is 30.7 Å². The molecule has 0 spiro atoms. The second kappa shape index (κ2) is 11.0. The third kappa shape index (κ3) is 6.21. The second-order valence-electron chi connectivity index (χ2n) is 7.58. The first-order valence-corrected chi connectivity index (χ1v) is 12.5. The molecule has 1 saturated heterocycles. The molecule has 6 nitrogen and oxygen atoms in total. The minimum Gasteiger partial charge on any atom is -0.450 e. The third-order valence-electron chi connectivity index (χ3n) is 5.50. The van der Waals surface area contributed by atoms with Crippen LogP contribution in [0, 0.1) is 0 Å². The number of carbonyl (C=O) groups is 1. The fourth-order valence-electron chi connectivity index (χ4n) is 3.88. The van der Waals surface area contributed by atoms with Gasteiger partial charge in [0.2, 0.25) is 10.0 Å². The van der Waals surface area contributed by atoms with Gasteiger partial charge in [0.25, 0.3) is 0 Å². The minimum absolute atomic E-state index is 0.165. The minimum atomic E-state index is -3.68. The Morgan fingerprint density at radius 2 is 1.74 bits per heavy atom. The van der Waals surface area contributed by atoms with E-state index in [0.29, 0.717) is 44.1 Å². The van der Waals surface area contributed by atoms with Crippen molar-refractivity contribution in [2.24, 2.45) is 0 Å². The summed E-state index contributed by atoms with van der Waals surface area (Å²) in [6.07, 6.45) is 2.34. The Bertz CT molecular complexity index is 943. The molecule has 3 rings (SSSR count). The second-order valence-corrected chi connectivity index (χ2v) is 9.90. The van der Waals surface area contributed by atoms with E-state index in [2.05, 4.69) is 12.1 Å². The number of rotatable bonds is 8. The number of halogens is 1. The summed E-state index contributed by atoms with van der Waals surface area (Å²) in [5, 5.41) is 0.498. The van der Waals surface area contributed by atoms with Crippen molar-refractivity contribution in [2.75, 3.05) is 26.2 Å². The third-order valence-corrected chi connectivity index (χ3v) is 7.72. The van der Waals surface area contributed by atoms with E-state index in [-0.39, 0.29) is 17.0 Å². The number of benzene rings is 2. The molecule has 1 amide bonds. The van der Waals surface area contributed by atoms with Gasteiger partial charge in [0.15, 0.2) is 0 Å². The quantitative estimate of drug-likeness (QED) is 0.573. The van der Waals surface area contributed by atoms with Crippen molar-refractivity contribution < 1.29 is 17.9 Å². The molecular formula is C23H29ClN2O4S. The Morgan fingerprint density at radius 3 is 2.35 bits per heavy atom. The Morgan fingerprint density at radius 1 is 1.10 bits per heavy atom. The molecule has 0 unspecified atom stereocenters. The van der Waals surface area contributed by atoms with Gasteiger partial charge in [-0.05, 0) is 62.4 Å². The van der Waals surface area contributed by atoms with E-state index in [4.69, 9.17) is 16.3 Å². The van der Waals surface area contributed by atoms with Crippen LogP contribution in [0.3, 0.4) is 0 Å². The lowest BCUT2D eigenvalue weighted by Crippen LogP contribution is -2.49. The molecule has 2 aromatic carbocycles. The summed E-state index contributed by atoms with van der Waals surface area (Å²) in [4.78, 5) is 13.9. The zero-order chi connectivity index (χ0) is 22.3. The molecule has 1 heterocycles. The molecule has 168 valence electrons. The smallest absolute Gasteiger partial charge is 0.409 e. The zero-order valence-electron chi connectivity index (χ0n) is 17.7. The lowest BCUT2D eigenvalue weighted by Gasteiger charge is -2.37. The Hall–Kier alpha value is -2.09. The van der Waals surface area contributed by atoms with Crippen molar-refractivity contribution in [2.45, 2.75) is 43.5 Å². The van der Waals surface area contributed by atoms with Gasteiger partial charge in [-0.2, -0.15) is 4.31 Å². The van der Waals surface area contributed by atoms with Crippen molar-refractivity contribution in [1.82, 2.24) is 9.21 Å². The van der Waals surface area contributed by atoms with Gasteiger partial charge >= 0.3 is 6.09 Å². The van der Waals surface area contributed by atoms with Gasteiger partial charge < -0.3 is 9.64 Å². The van der Waals surface area contributed by atoms with Gasteiger partial charge in [-0.3, -0.25) is 0 Å². The number of sulfonamides is 1. The van der Waals surface area contributed by atoms with E-state index in [0.717, 1.165) is 12.8 Å². The molecule has 0 aromatic heterocycles. The largest absolute Gasteiger partial charge is 0.450 e. The van der Waals surface area contributed by atoms with Crippen LogP contribution < -0.4 is 0 Å². The van der Waals surface area contributed by atoms with E-state index >= 15 is 0 Å². The molecule has 31 heavy (non-hydrogen) atoms. The molecular weight excluding hydrogens is 436 g/mol. The molecule has 2 aromatic rings. The van der Waals surface area contributed by atoms with E-state index in [1.807, 2.05) is 18.2 Å². The van der Waals surface area contributed by atoms with Gasteiger partial charge in [0.05, 0.1) is 11.5 Å². The first-order valence-electron chi connectivity index (χ1n) is 10.6. The predicted octanol–water partition coefficient (Wildman–Crippen LogP) is 4.58. The molecule has 8 heteroatoms. The standard InChI is InChI=1S/C23H29ClN2O4S/c1-2-30-23(27)25-17-14-21(15-18-25)26(16-6-9-19-7-4-3-5-8-19)31(28,29)22-12-10-20(24)11-13-22/h3-5,7-8,10-13,21H,2,6,9,14-18H2,1H3. The van der Waals surface area contributed by atoms with Gasteiger partial charge in [-0.1, -0.05) is 41.9 Å². The van der Waals surface area contributed by atoms with Crippen LogP contribution in [-0.2, 0) is 21.2 Å². The molecule has 0 N–H and O–H groups in total. The summed E-state index contributed by atoms with van der Waals surface area (Å²) in [5.74, 6) is 0. The highest BCUT2D eigenvalue weighted by atomic mass is 35.5. The number of aryl methyl sites for hydroxylation is 1. The number of carbonyl (C=O) groups excluding carboxylic acids is 1. The zero-order valence-corrected chi connectivity index (χ0v) is 19.3. The summed E-state index contributed by atoms with van der Waals surface area (Å²) in [6, 6.07) is 16.2. The average molecular weight is 465 g/mol. The molecule has 0 saturated carbocycles. The van der Waals surface area contributed by atoms with E-state index in [1.165, 1.54) is 5.56 Å². The fraction of sp³-hybridized carbons (Fsp3) is 0.435. The topological polar surface area (TPSA) is 66.9 Å². The number of nitrogens with zero attached hydrogens (tertiary/aromatic N) is 2. The fourth-order valence-corrected chi connectivity index (χ4v) is 5.73. The number of hydrogen-bond donors (Lipinski definition) is 0. The lowest BCUT2D eigenvalue weighted by molar-refractivity contribution is 0.0884. The Balaban J connectivity index is 1.74.